The van der Waals surface area contributed by atoms with Crippen molar-refractivity contribution in [3.05, 3.63) is 0 Å². The molecule has 0 N–H and O–H groups in total. The van der Waals surface area contributed by atoms with E-state index in [2.05, 4.69) is 31.9 Å². The number of alkyl halides is 6. The van der Waals surface area contributed by atoms with Gasteiger partial charge in [-0.1, -0.05) is 31.9 Å². The predicted octanol–water partition coefficient (Wildman–Crippen LogP) is 3.96. The van der Waals surface area contributed by atoms with Crippen LogP contribution in [0.25, 0.3) is 0 Å². The van der Waals surface area contributed by atoms with Gasteiger partial charge >= 0.3 is 0 Å². The van der Waals surface area contributed by atoms with Crippen LogP contribution in [0.1, 0.15) is 0 Å². The first-order valence-corrected chi connectivity index (χ1v) is 6.89. The lowest BCUT2D eigenvalue weighted by atomic mass is 9.98. The fourth-order valence-electron chi connectivity index (χ4n) is 1.05. The molecule has 0 heterocycles. The monoisotopic (exact) mass is 376 g/mol. The molecule has 0 aliphatic heterocycles. The maximum Gasteiger partial charge on any atom is 0.0689 e. The molecule has 0 amide bonds. The highest BCUT2D eigenvalue weighted by Crippen LogP contribution is 2.41. The Morgan fingerprint density at radius 3 is 1.08 bits per heavy atom. The molecule has 0 aromatic heterocycles. The molecule has 0 aromatic rings. The third-order valence-electron chi connectivity index (χ3n) is 1.83. The van der Waals surface area contributed by atoms with Crippen LogP contribution in [0.2, 0.25) is 0 Å². The average Bonchev–Trinajstić information content (AvgIpc) is 2.08. The minimum absolute atomic E-state index is 0.0548. The third kappa shape index (κ3) is 2.20. The van der Waals surface area contributed by atoms with Crippen molar-refractivity contribution in [2.45, 2.75) is 31.2 Å². The highest BCUT2D eigenvalue weighted by molar-refractivity contribution is 9.12. The zero-order valence-corrected chi connectivity index (χ0v) is 11.9. The molecule has 0 unspecified atom stereocenters. The average molecular weight is 380 g/mol. The van der Waals surface area contributed by atoms with E-state index >= 15 is 0 Å². The van der Waals surface area contributed by atoms with Gasteiger partial charge in [0.2, 0.25) is 0 Å². The summed E-state index contributed by atoms with van der Waals surface area (Å²) in [4.78, 5) is 0.110. The molecule has 0 spiro atoms. The summed E-state index contributed by atoms with van der Waals surface area (Å²) in [5.74, 6) is 0. The van der Waals surface area contributed by atoms with Crippen molar-refractivity contribution in [2.75, 3.05) is 0 Å². The van der Waals surface area contributed by atoms with Crippen LogP contribution in [0.5, 0.6) is 0 Å². The first kappa shape index (κ1) is 12.2. The molecule has 0 radical (unpaired) electrons. The molecule has 1 rings (SSSR count). The lowest BCUT2D eigenvalue weighted by molar-refractivity contribution is 0.565. The van der Waals surface area contributed by atoms with Gasteiger partial charge in [-0.2, -0.15) is 0 Å². The van der Waals surface area contributed by atoms with Gasteiger partial charge in [-0.3, -0.25) is 0 Å². The Balaban J connectivity index is 2.76. The maximum atomic E-state index is 6.02. The Morgan fingerprint density at radius 1 is 0.583 bits per heavy atom. The second kappa shape index (κ2) is 4.76. The van der Waals surface area contributed by atoms with Gasteiger partial charge in [-0.25, -0.2) is 0 Å². The summed E-state index contributed by atoms with van der Waals surface area (Å²) in [5, 5.41) is -0.995. The van der Waals surface area contributed by atoms with Crippen LogP contribution in [0.15, 0.2) is 0 Å². The minimum Gasteiger partial charge on any atom is -0.120 e. The van der Waals surface area contributed by atoms with E-state index in [1.54, 1.807) is 0 Å². The summed E-state index contributed by atoms with van der Waals surface area (Å²) in [7, 11) is 0. The molecule has 0 saturated heterocycles. The standard InChI is InChI=1S/C6H6Br2Cl4/c7-1-2(8)4(10)6(12)5(11)3(1)9/h1-6H/t1-,2-,3-,4+,5+,6+/m0/s1. The van der Waals surface area contributed by atoms with Gasteiger partial charge in [-0.15, -0.1) is 46.4 Å². The number of hydrogen-bond donors (Lipinski definition) is 0. The lowest BCUT2D eigenvalue weighted by Crippen LogP contribution is -2.51. The fourth-order valence-corrected chi connectivity index (χ4v) is 4.47. The Labute approximate surface area is 109 Å². The summed E-state index contributed by atoms with van der Waals surface area (Å²) < 4.78 is 0. The SMILES string of the molecule is Cl[C@H]1[C@H](Cl)[C@H](Cl)[C@@H](Br)[C@H](Br)[C@@H]1Cl. The van der Waals surface area contributed by atoms with Gasteiger partial charge in [0.1, 0.15) is 0 Å². The van der Waals surface area contributed by atoms with Crippen LogP contribution in [-0.4, -0.2) is 31.2 Å². The van der Waals surface area contributed by atoms with Crippen LogP contribution in [0.4, 0.5) is 0 Å². The second-order valence-electron chi connectivity index (χ2n) is 2.67. The third-order valence-corrected chi connectivity index (χ3v) is 7.98. The predicted molar refractivity (Wildman–Crippen MR) is 64.0 cm³/mol. The number of rotatable bonds is 0. The van der Waals surface area contributed by atoms with E-state index in [1.807, 2.05) is 0 Å². The summed E-state index contributed by atoms with van der Waals surface area (Å²) in [6.45, 7) is 0. The smallest absolute Gasteiger partial charge is 0.0689 e. The van der Waals surface area contributed by atoms with Crippen molar-refractivity contribution in [2.24, 2.45) is 0 Å². The lowest BCUT2D eigenvalue weighted by Gasteiger charge is -2.38. The van der Waals surface area contributed by atoms with Crippen molar-refractivity contribution < 1.29 is 0 Å². The molecule has 1 saturated carbocycles. The Kier molecular flexibility index (Phi) is 4.84. The molecule has 6 atom stereocenters. The van der Waals surface area contributed by atoms with Crippen LogP contribution < -0.4 is 0 Å². The molecule has 6 heteroatoms. The molecule has 0 aromatic carbocycles. The highest BCUT2D eigenvalue weighted by atomic mass is 79.9. The molecule has 1 aliphatic rings. The normalized spacial score (nSPS) is 55.5. The molecule has 0 bridgehead atoms. The number of hydrogen-bond acceptors (Lipinski definition) is 0. The topological polar surface area (TPSA) is 0 Å². The summed E-state index contributed by atoms with van der Waals surface area (Å²) in [6.07, 6.45) is 0. The van der Waals surface area contributed by atoms with E-state index < -0.39 is 0 Å². The quantitative estimate of drug-likeness (QED) is 0.559. The second-order valence-corrected chi connectivity index (χ2v) is 6.80. The van der Waals surface area contributed by atoms with Crippen molar-refractivity contribution >= 4 is 78.3 Å². The van der Waals surface area contributed by atoms with Crippen molar-refractivity contribution in [3.8, 4) is 0 Å². The molecule has 1 aliphatic carbocycles. The Bertz CT molecular complexity index is 109. The van der Waals surface area contributed by atoms with Crippen molar-refractivity contribution in [1.82, 2.24) is 0 Å². The van der Waals surface area contributed by atoms with Gasteiger partial charge in [0.15, 0.2) is 0 Å². The minimum atomic E-state index is -0.297. The maximum absolute atomic E-state index is 6.02. The summed E-state index contributed by atoms with van der Waals surface area (Å²) >= 11 is 30.8. The first-order chi connectivity index (χ1) is 5.46. The molecule has 0 nitrogen and oxygen atoms in total. The van der Waals surface area contributed by atoms with Crippen LogP contribution in [0.3, 0.4) is 0 Å². The van der Waals surface area contributed by atoms with Gasteiger partial charge in [0.25, 0.3) is 0 Å². The van der Waals surface area contributed by atoms with Crippen LogP contribution in [0, 0.1) is 0 Å². The van der Waals surface area contributed by atoms with E-state index in [9.17, 15) is 0 Å². The Morgan fingerprint density at radius 2 is 0.833 bits per heavy atom. The number of halogens is 6. The largest absolute Gasteiger partial charge is 0.120 e. The van der Waals surface area contributed by atoms with E-state index in [0.717, 1.165) is 0 Å². The van der Waals surface area contributed by atoms with Gasteiger partial charge in [0.05, 0.1) is 21.5 Å². The van der Waals surface area contributed by atoms with E-state index in [1.165, 1.54) is 0 Å². The Hall–Kier alpha value is 2.12. The molecular weight excluding hydrogens is 374 g/mol. The zero-order chi connectivity index (χ0) is 9.46. The van der Waals surface area contributed by atoms with Crippen LogP contribution in [-0.2, 0) is 0 Å². The van der Waals surface area contributed by atoms with Crippen LogP contribution >= 0.6 is 78.3 Å². The van der Waals surface area contributed by atoms with E-state index in [-0.39, 0.29) is 31.2 Å². The van der Waals surface area contributed by atoms with E-state index in [4.69, 9.17) is 46.4 Å². The molecule has 1 fully saturated rings. The van der Waals surface area contributed by atoms with Crippen molar-refractivity contribution in [1.29, 1.82) is 0 Å². The molecular formula is C6H6Br2Cl4. The zero-order valence-electron chi connectivity index (χ0n) is 5.73. The highest BCUT2D eigenvalue weighted by Gasteiger charge is 2.46. The molecule has 72 valence electrons. The van der Waals surface area contributed by atoms with Gasteiger partial charge in [0, 0.05) is 9.65 Å². The van der Waals surface area contributed by atoms with Crippen molar-refractivity contribution in [3.63, 3.8) is 0 Å². The first-order valence-electron chi connectivity index (χ1n) is 3.31. The fraction of sp³-hybridized carbons (Fsp3) is 1.00. The van der Waals surface area contributed by atoms with E-state index in [0.29, 0.717) is 0 Å². The summed E-state index contributed by atoms with van der Waals surface area (Å²) in [6, 6.07) is 0. The molecule has 12 heavy (non-hydrogen) atoms. The van der Waals surface area contributed by atoms with Gasteiger partial charge < -0.3 is 0 Å². The summed E-state index contributed by atoms with van der Waals surface area (Å²) in [5.41, 5.74) is 0. The van der Waals surface area contributed by atoms with Gasteiger partial charge in [-0.05, 0) is 0 Å².